The first-order valence-electron chi connectivity index (χ1n) is 6.14. The maximum absolute atomic E-state index is 11.6. The van der Waals surface area contributed by atoms with Crippen LogP contribution < -0.4 is 5.32 Å². The zero-order valence-electron chi connectivity index (χ0n) is 10.4. The summed E-state index contributed by atoms with van der Waals surface area (Å²) in [6.45, 7) is 3.37. The Morgan fingerprint density at radius 3 is 3.18 bits per heavy atom. The molecule has 1 aliphatic rings. The number of nitrogens with zero attached hydrogens (tertiary/aromatic N) is 2. The van der Waals surface area contributed by atoms with Gasteiger partial charge in [-0.15, -0.1) is 0 Å². The third kappa shape index (κ3) is 5.66. The van der Waals surface area contributed by atoms with Crippen molar-refractivity contribution in [3.8, 4) is 6.07 Å². The van der Waals surface area contributed by atoms with Gasteiger partial charge in [0, 0.05) is 26.8 Å². The maximum Gasteiger partial charge on any atom is 0.234 e. The highest BCUT2D eigenvalue weighted by atomic mass is 16.5. The van der Waals surface area contributed by atoms with E-state index in [1.165, 1.54) is 0 Å². The molecule has 1 unspecified atom stereocenters. The molecule has 1 atom stereocenters. The summed E-state index contributed by atoms with van der Waals surface area (Å²) in [4.78, 5) is 13.7. The van der Waals surface area contributed by atoms with E-state index < -0.39 is 0 Å². The van der Waals surface area contributed by atoms with Gasteiger partial charge < -0.3 is 10.1 Å². The van der Waals surface area contributed by atoms with E-state index in [1.807, 2.05) is 0 Å². The van der Waals surface area contributed by atoms with Gasteiger partial charge in [0.25, 0.3) is 0 Å². The highest BCUT2D eigenvalue weighted by molar-refractivity contribution is 5.77. The lowest BCUT2D eigenvalue weighted by Crippen LogP contribution is -2.42. The molecule has 0 spiro atoms. The monoisotopic (exact) mass is 239 g/mol. The highest BCUT2D eigenvalue weighted by Gasteiger charge is 2.20. The topological polar surface area (TPSA) is 65.4 Å². The second kappa shape index (κ2) is 8.04. The van der Waals surface area contributed by atoms with Gasteiger partial charge in [-0.1, -0.05) is 0 Å². The molecule has 1 rings (SSSR count). The minimum absolute atomic E-state index is 0.0414. The van der Waals surface area contributed by atoms with Gasteiger partial charge in [0.05, 0.1) is 18.5 Å². The number of carbonyl (C=O) groups is 1. The van der Waals surface area contributed by atoms with Crippen LogP contribution in [0.4, 0.5) is 0 Å². The summed E-state index contributed by atoms with van der Waals surface area (Å²) in [5, 5.41) is 11.7. The molecule has 0 saturated carbocycles. The fourth-order valence-corrected chi connectivity index (χ4v) is 2.01. The van der Waals surface area contributed by atoms with E-state index in [0.29, 0.717) is 19.7 Å². The Labute approximate surface area is 103 Å². The number of piperidine rings is 1. The molecule has 1 amide bonds. The lowest BCUT2D eigenvalue weighted by atomic mass is 10.00. The quantitative estimate of drug-likeness (QED) is 0.680. The van der Waals surface area contributed by atoms with Gasteiger partial charge in [-0.05, 0) is 25.8 Å². The molecule has 1 N–H and O–H groups in total. The van der Waals surface area contributed by atoms with Crippen molar-refractivity contribution in [2.75, 3.05) is 39.9 Å². The molecule has 5 heteroatoms. The van der Waals surface area contributed by atoms with Crippen molar-refractivity contribution >= 4 is 5.91 Å². The molecule has 1 saturated heterocycles. The number of methoxy groups -OCH3 is 1. The molecule has 5 nitrogen and oxygen atoms in total. The number of amides is 1. The second-order valence-corrected chi connectivity index (χ2v) is 4.40. The molecule has 17 heavy (non-hydrogen) atoms. The van der Waals surface area contributed by atoms with Gasteiger partial charge in [0.2, 0.25) is 5.91 Å². The standard InChI is InChI=1S/C12H21N3O2/c1-17-7-3-5-14-12(16)10-15-6-2-4-11(8-13)9-15/h11H,2-7,9-10H2,1H3,(H,14,16). The number of nitrogens with one attached hydrogen (secondary N) is 1. The first-order chi connectivity index (χ1) is 8.26. The van der Waals surface area contributed by atoms with Crippen molar-refractivity contribution in [3.05, 3.63) is 0 Å². The average molecular weight is 239 g/mol. The lowest BCUT2D eigenvalue weighted by Gasteiger charge is -2.28. The second-order valence-electron chi connectivity index (χ2n) is 4.40. The molecule has 1 aliphatic heterocycles. The molecule has 1 heterocycles. The Hall–Kier alpha value is -1.12. The van der Waals surface area contributed by atoms with Gasteiger partial charge >= 0.3 is 0 Å². The van der Waals surface area contributed by atoms with Crippen molar-refractivity contribution in [2.45, 2.75) is 19.3 Å². The van der Waals surface area contributed by atoms with Crippen LogP contribution in [0.5, 0.6) is 0 Å². The summed E-state index contributed by atoms with van der Waals surface area (Å²) in [6, 6.07) is 2.28. The Morgan fingerprint density at radius 1 is 1.65 bits per heavy atom. The van der Waals surface area contributed by atoms with Crippen LogP contribution >= 0.6 is 0 Å². The van der Waals surface area contributed by atoms with Crippen molar-refractivity contribution < 1.29 is 9.53 Å². The van der Waals surface area contributed by atoms with E-state index >= 15 is 0 Å². The van der Waals surface area contributed by atoms with Gasteiger partial charge in [0.15, 0.2) is 0 Å². The minimum Gasteiger partial charge on any atom is -0.385 e. The molecule has 96 valence electrons. The largest absolute Gasteiger partial charge is 0.385 e. The number of ether oxygens (including phenoxy) is 1. The highest BCUT2D eigenvalue weighted by Crippen LogP contribution is 2.14. The Balaban J connectivity index is 2.15. The van der Waals surface area contributed by atoms with E-state index in [2.05, 4.69) is 16.3 Å². The van der Waals surface area contributed by atoms with E-state index in [1.54, 1.807) is 7.11 Å². The Bertz CT molecular complexity index is 275. The number of hydrogen-bond donors (Lipinski definition) is 1. The summed E-state index contributed by atoms with van der Waals surface area (Å²) in [7, 11) is 1.65. The van der Waals surface area contributed by atoms with E-state index in [4.69, 9.17) is 10.00 Å². The first kappa shape index (κ1) is 13.9. The molecule has 0 aromatic rings. The molecule has 0 aliphatic carbocycles. The van der Waals surface area contributed by atoms with Crippen molar-refractivity contribution in [3.63, 3.8) is 0 Å². The van der Waals surface area contributed by atoms with Gasteiger partial charge in [-0.25, -0.2) is 0 Å². The summed E-state index contributed by atoms with van der Waals surface area (Å²) < 4.78 is 4.90. The summed E-state index contributed by atoms with van der Waals surface area (Å²) in [6.07, 6.45) is 2.81. The average Bonchev–Trinajstić information content (AvgIpc) is 2.35. The summed E-state index contributed by atoms with van der Waals surface area (Å²) in [5.74, 6) is 0.129. The predicted molar refractivity (Wildman–Crippen MR) is 64.3 cm³/mol. The van der Waals surface area contributed by atoms with Crippen LogP contribution in [0.1, 0.15) is 19.3 Å². The lowest BCUT2D eigenvalue weighted by molar-refractivity contribution is -0.122. The molecular weight excluding hydrogens is 218 g/mol. The molecule has 0 aromatic heterocycles. The first-order valence-corrected chi connectivity index (χ1v) is 6.14. The van der Waals surface area contributed by atoms with Crippen molar-refractivity contribution in [1.82, 2.24) is 10.2 Å². The number of carbonyl (C=O) groups excluding carboxylic acids is 1. The van der Waals surface area contributed by atoms with Crippen LogP contribution in [-0.4, -0.2) is 50.7 Å². The SMILES string of the molecule is COCCCNC(=O)CN1CCCC(C#N)C1. The third-order valence-electron chi connectivity index (χ3n) is 2.90. The van der Waals surface area contributed by atoms with E-state index in [0.717, 1.165) is 32.4 Å². The van der Waals surface area contributed by atoms with Crippen LogP contribution in [0.3, 0.4) is 0 Å². The van der Waals surface area contributed by atoms with Crippen molar-refractivity contribution in [2.24, 2.45) is 5.92 Å². The Morgan fingerprint density at radius 2 is 2.47 bits per heavy atom. The van der Waals surface area contributed by atoms with Crippen LogP contribution in [0, 0.1) is 17.2 Å². The molecule has 0 radical (unpaired) electrons. The van der Waals surface area contributed by atoms with Crippen molar-refractivity contribution in [1.29, 1.82) is 5.26 Å². The zero-order chi connectivity index (χ0) is 12.5. The number of hydrogen-bond acceptors (Lipinski definition) is 4. The fourth-order valence-electron chi connectivity index (χ4n) is 2.01. The zero-order valence-corrected chi connectivity index (χ0v) is 10.4. The molecule has 0 bridgehead atoms. The molecule has 1 fully saturated rings. The van der Waals surface area contributed by atoms with E-state index in [-0.39, 0.29) is 11.8 Å². The smallest absolute Gasteiger partial charge is 0.234 e. The van der Waals surface area contributed by atoms with Gasteiger partial charge in [0.1, 0.15) is 0 Å². The van der Waals surface area contributed by atoms with E-state index in [9.17, 15) is 4.79 Å². The number of nitriles is 1. The normalized spacial score (nSPS) is 20.8. The summed E-state index contributed by atoms with van der Waals surface area (Å²) in [5.41, 5.74) is 0. The predicted octanol–water partition coefficient (Wildman–Crippen LogP) is 0.375. The third-order valence-corrected chi connectivity index (χ3v) is 2.90. The summed E-state index contributed by atoms with van der Waals surface area (Å²) >= 11 is 0. The van der Waals surface area contributed by atoms with Crippen LogP contribution in [0.15, 0.2) is 0 Å². The maximum atomic E-state index is 11.6. The van der Waals surface area contributed by atoms with Crippen LogP contribution in [0.2, 0.25) is 0 Å². The van der Waals surface area contributed by atoms with Gasteiger partial charge in [-0.2, -0.15) is 5.26 Å². The molecule has 0 aromatic carbocycles. The fraction of sp³-hybridized carbons (Fsp3) is 0.833. The van der Waals surface area contributed by atoms with Crippen LogP contribution in [-0.2, 0) is 9.53 Å². The minimum atomic E-state index is 0.0414. The van der Waals surface area contributed by atoms with Crippen LogP contribution in [0.25, 0.3) is 0 Å². The number of rotatable bonds is 6. The van der Waals surface area contributed by atoms with Gasteiger partial charge in [-0.3, -0.25) is 9.69 Å². The molecular formula is C12H21N3O2. The Kier molecular flexibility index (Phi) is 6.60. The number of likely N-dealkylation sites (tertiary alicyclic amines) is 1.